The first kappa shape index (κ1) is 22.2. The summed E-state index contributed by atoms with van der Waals surface area (Å²) in [5, 5.41) is 11.1. The number of nitrogens with one attached hydrogen (secondary N) is 1. The molecule has 6 rings (SSSR count). The van der Waals surface area contributed by atoms with E-state index in [0.717, 1.165) is 49.2 Å². The molecule has 11 heteroatoms. The second kappa shape index (κ2) is 8.42. The number of carbonyl (C=O) groups is 1. The molecule has 10 nitrogen and oxygen atoms in total. The van der Waals surface area contributed by atoms with Gasteiger partial charge >= 0.3 is 0 Å². The van der Waals surface area contributed by atoms with Crippen molar-refractivity contribution < 1.29 is 17.9 Å². The van der Waals surface area contributed by atoms with Crippen LogP contribution < -0.4 is 10.1 Å². The number of anilines is 1. The van der Waals surface area contributed by atoms with E-state index in [1.807, 2.05) is 18.2 Å². The fourth-order valence-corrected chi connectivity index (χ4v) is 6.67. The summed E-state index contributed by atoms with van der Waals surface area (Å²) in [5.41, 5.74) is 2.81. The number of carbonyl (C=O) groups excluding carboxylic acids is 1. The van der Waals surface area contributed by atoms with Gasteiger partial charge < -0.3 is 14.6 Å². The molecule has 1 fully saturated rings. The molecule has 4 heterocycles. The Morgan fingerprint density at radius 1 is 1.11 bits per heavy atom. The molecule has 0 saturated heterocycles. The number of hydrogen-bond donors (Lipinski definition) is 1. The van der Waals surface area contributed by atoms with Crippen molar-refractivity contribution >= 4 is 21.7 Å². The number of amides is 1. The van der Waals surface area contributed by atoms with Crippen molar-refractivity contribution in [1.29, 1.82) is 0 Å². The summed E-state index contributed by atoms with van der Waals surface area (Å²) in [4.78, 5) is 17.9. The highest BCUT2D eigenvalue weighted by atomic mass is 32.2. The van der Waals surface area contributed by atoms with Crippen LogP contribution >= 0.6 is 0 Å². The highest BCUT2D eigenvalue weighted by Crippen LogP contribution is 2.35. The molecule has 0 atom stereocenters. The number of methoxy groups -OCH3 is 1. The molecule has 35 heavy (non-hydrogen) atoms. The van der Waals surface area contributed by atoms with Crippen LogP contribution in [0.3, 0.4) is 0 Å². The molecule has 0 bridgehead atoms. The van der Waals surface area contributed by atoms with E-state index in [9.17, 15) is 13.2 Å². The summed E-state index contributed by atoms with van der Waals surface area (Å²) in [6.07, 6.45) is 3.98. The molecule has 0 spiro atoms. The van der Waals surface area contributed by atoms with E-state index in [1.165, 1.54) is 7.11 Å². The summed E-state index contributed by atoms with van der Waals surface area (Å²) < 4.78 is 34.6. The van der Waals surface area contributed by atoms with Gasteiger partial charge in [-0.3, -0.25) is 4.79 Å². The van der Waals surface area contributed by atoms with Gasteiger partial charge in [-0.05, 0) is 61.1 Å². The van der Waals surface area contributed by atoms with E-state index in [2.05, 4.69) is 25.1 Å². The summed E-state index contributed by atoms with van der Waals surface area (Å²) in [5.74, 6) is 2.11. The Kier molecular flexibility index (Phi) is 5.33. The Morgan fingerprint density at radius 3 is 2.77 bits per heavy atom. The van der Waals surface area contributed by atoms with Gasteiger partial charge in [0.05, 0.1) is 17.9 Å². The predicted octanol–water partition coefficient (Wildman–Crippen LogP) is 2.40. The Balaban J connectivity index is 1.26. The number of benzene rings is 1. The van der Waals surface area contributed by atoms with E-state index in [0.29, 0.717) is 41.6 Å². The Morgan fingerprint density at radius 2 is 1.97 bits per heavy atom. The molecule has 2 aromatic heterocycles. The second-order valence-corrected chi connectivity index (χ2v) is 11.4. The maximum absolute atomic E-state index is 13.3. The first-order valence-electron chi connectivity index (χ1n) is 11.8. The van der Waals surface area contributed by atoms with Crippen LogP contribution in [0.4, 0.5) is 5.82 Å². The SMILES string of the molecule is COc1cc2c(cc1C(=O)Nc1cccc(-c3nnc4n3CCC4)n1)CN(S(=O)(=O)C1CC1)CC2. The first-order valence-corrected chi connectivity index (χ1v) is 13.3. The predicted molar refractivity (Wildman–Crippen MR) is 129 cm³/mol. The van der Waals surface area contributed by atoms with Crippen molar-refractivity contribution in [3.63, 3.8) is 0 Å². The molecule has 2 aliphatic heterocycles. The third kappa shape index (κ3) is 3.98. The molecule has 3 aromatic rings. The number of rotatable bonds is 6. The normalized spacial score (nSPS) is 17.6. The monoisotopic (exact) mass is 494 g/mol. The van der Waals surface area contributed by atoms with Crippen molar-refractivity contribution in [3.05, 3.63) is 52.8 Å². The van der Waals surface area contributed by atoms with Crippen molar-refractivity contribution in [2.75, 3.05) is 19.0 Å². The summed E-state index contributed by atoms with van der Waals surface area (Å²) in [7, 11) is -1.76. The molecule has 1 amide bonds. The van der Waals surface area contributed by atoms with Crippen LogP contribution in [-0.4, -0.2) is 57.3 Å². The molecule has 0 radical (unpaired) electrons. The fourth-order valence-electron chi connectivity index (χ4n) is 4.85. The van der Waals surface area contributed by atoms with E-state index in [4.69, 9.17) is 4.74 Å². The van der Waals surface area contributed by atoms with Crippen LogP contribution in [0.15, 0.2) is 30.3 Å². The number of fused-ring (bicyclic) bond motifs is 2. The number of hydrogen-bond acceptors (Lipinski definition) is 7. The highest BCUT2D eigenvalue weighted by Gasteiger charge is 2.41. The van der Waals surface area contributed by atoms with E-state index < -0.39 is 10.0 Å². The summed E-state index contributed by atoms with van der Waals surface area (Å²) >= 11 is 0. The van der Waals surface area contributed by atoms with E-state index >= 15 is 0 Å². The van der Waals surface area contributed by atoms with Crippen molar-refractivity contribution in [3.8, 4) is 17.3 Å². The van der Waals surface area contributed by atoms with Gasteiger partial charge in [-0.15, -0.1) is 10.2 Å². The van der Waals surface area contributed by atoms with Crippen LogP contribution in [0.25, 0.3) is 11.5 Å². The topological polar surface area (TPSA) is 119 Å². The van der Waals surface area contributed by atoms with Gasteiger partial charge in [0, 0.05) is 26.1 Å². The molecular weight excluding hydrogens is 468 g/mol. The quantitative estimate of drug-likeness (QED) is 0.559. The third-order valence-corrected chi connectivity index (χ3v) is 9.22. The summed E-state index contributed by atoms with van der Waals surface area (Å²) in [6, 6.07) is 8.97. The molecule has 182 valence electrons. The Hall–Kier alpha value is -3.31. The standard InChI is InChI=1S/C24H26N6O4S/c1-34-20-13-15-9-11-29(35(32,33)17-7-8-17)14-16(15)12-18(20)24(31)26-21-5-2-4-19(25-21)23-28-27-22-6-3-10-30(22)23/h2,4-5,12-13,17H,3,6-11,14H2,1H3,(H,25,26,31). The lowest BCUT2D eigenvalue weighted by atomic mass is 9.97. The van der Waals surface area contributed by atoms with Gasteiger partial charge in [0.25, 0.3) is 5.91 Å². The van der Waals surface area contributed by atoms with Crippen LogP contribution in [0.2, 0.25) is 0 Å². The average molecular weight is 495 g/mol. The van der Waals surface area contributed by atoms with Crippen LogP contribution in [0, 0.1) is 0 Å². The lowest BCUT2D eigenvalue weighted by molar-refractivity contribution is 0.102. The number of aryl methyl sites for hydroxylation is 1. The minimum absolute atomic E-state index is 0.255. The summed E-state index contributed by atoms with van der Waals surface area (Å²) in [6.45, 7) is 1.57. The number of pyridine rings is 1. The first-order chi connectivity index (χ1) is 16.9. The second-order valence-electron chi connectivity index (χ2n) is 9.21. The number of nitrogens with zero attached hydrogens (tertiary/aromatic N) is 5. The number of aromatic nitrogens is 4. The Bertz CT molecular complexity index is 1430. The molecule has 1 saturated carbocycles. The minimum atomic E-state index is -3.28. The van der Waals surface area contributed by atoms with Crippen molar-refractivity contribution in [1.82, 2.24) is 24.1 Å². The zero-order valence-electron chi connectivity index (χ0n) is 19.4. The molecule has 1 aromatic carbocycles. The molecular formula is C24H26N6O4S. The number of ether oxygens (including phenoxy) is 1. The van der Waals surface area contributed by atoms with Gasteiger partial charge in [0.15, 0.2) is 5.82 Å². The van der Waals surface area contributed by atoms with Gasteiger partial charge in [-0.25, -0.2) is 13.4 Å². The molecule has 0 unspecified atom stereocenters. The smallest absolute Gasteiger partial charge is 0.260 e. The maximum Gasteiger partial charge on any atom is 0.260 e. The maximum atomic E-state index is 13.3. The van der Waals surface area contributed by atoms with Gasteiger partial charge in [0.2, 0.25) is 10.0 Å². The third-order valence-electron chi connectivity index (χ3n) is 6.88. The van der Waals surface area contributed by atoms with Crippen molar-refractivity contribution in [2.45, 2.75) is 50.4 Å². The average Bonchev–Trinajstić information content (AvgIpc) is 3.51. The highest BCUT2D eigenvalue weighted by molar-refractivity contribution is 7.90. The van der Waals surface area contributed by atoms with E-state index in [-0.39, 0.29) is 17.7 Å². The lowest BCUT2D eigenvalue weighted by Crippen LogP contribution is -2.38. The van der Waals surface area contributed by atoms with Crippen LogP contribution in [0.5, 0.6) is 5.75 Å². The zero-order chi connectivity index (χ0) is 24.2. The lowest BCUT2D eigenvalue weighted by Gasteiger charge is -2.29. The van der Waals surface area contributed by atoms with Crippen molar-refractivity contribution in [2.24, 2.45) is 0 Å². The molecule has 1 aliphatic carbocycles. The molecule has 1 N–H and O–H groups in total. The van der Waals surface area contributed by atoms with Gasteiger partial charge in [-0.1, -0.05) is 6.07 Å². The fraction of sp³-hybridized carbons (Fsp3) is 0.417. The van der Waals surface area contributed by atoms with E-state index in [1.54, 1.807) is 16.4 Å². The largest absolute Gasteiger partial charge is 0.496 e. The van der Waals surface area contributed by atoms with Crippen LogP contribution in [-0.2, 0) is 36.0 Å². The minimum Gasteiger partial charge on any atom is -0.496 e. The molecule has 3 aliphatic rings. The number of sulfonamides is 1. The van der Waals surface area contributed by atoms with Crippen LogP contribution in [0.1, 0.15) is 46.6 Å². The zero-order valence-corrected chi connectivity index (χ0v) is 20.2. The van der Waals surface area contributed by atoms with Gasteiger partial charge in [-0.2, -0.15) is 4.31 Å². The van der Waals surface area contributed by atoms with Gasteiger partial charge in [0.1, 0.15) is 23.1 Å². The Labute approximate surface area is 203 Å².